The van der Waals surface area contributed by atoms with E-state index in [2.05, 4.69) is 22.0 Å². The quantitative estimate of drug-likeness (QED) is 0.875. The van der Waals surface area contributed by atoms with Crippen molar-refractivity contribution < 1.29 is 9.53 Å². The van der Waals surface area contributed by atoms with Gasteiger partial charge in [-0.15, -0.1) is 0 Å². The van der Waals surface area contributed by atoms with E-state index < -0.39 is 0 Å². The van der Waals surface area contributed by atoms with Gasteiger partial charge in [0.15, 0.2) is 0 Å². The standard InChI is InChI=1S/C19H23N3O2/c1-24-19(23)17-10-16(15-5-3-2-4-6-15)12-22(13-17)11-14-7-8-21-18(20)9-14/h2-9,16-17H,10-13H2,1H3,(H2,20,21)/t16-,17+/m0/s1. The Morgan fingerprint density at radius 1 is 1.29 bits per heavy atom. The van der Waals surface area contributed by atoms with Gasteiger partial charge in [0.2, 0.25) is 0 Å². The lowest BCUT2D eigenvalue weighted by molar-refractivity contribution is -0.147. The van der Waals surface area contributed by atoms with Gasteiger partial charge in [-0.25, -0.2) is 4.98 Å². The monoisotopic (exact) mass is 325 g/mol. The van der Waals surface area contributed by atoms with E-state index in [4.69, 9.17) is 10.5 Å². The number of carbonyl (C=O) groups excluding carboxylic acids is 1. The number of aromatic nitrogens is 1. The van der Waals surface area contributed by atoms with Gasteiger partial charge in [0.1, 0.15) is 5.82 Å². The van der Waals surface area contributed by atoms with Crippen LogP contribution in [0.4, 0.5) is 5.82 Å². The van der Waals surface area contributed by atoms with Crippen molar-refractivity contribution in [1.82, 2.24) is 9.88 Å². The Morgan fingerprint density at radius 3 is 2.79 bits per heavy atom. The fourth-order valence-electron chi connectivity index (χ4n) is 3.47. The number of nitrogens with zero attached hydrogens (tertiary/aromatic N) is 2. The zero-order valence-electron chi connectivity index (χ0n) is 13.9. The predicted octanol–water partition coefficient (Wildman–Crippen LogP) is 2.44. The van der Waals surface area contributed by atoms with Crippen LogP contribution in [-0.2, 0) is 16.1 Å². The van der Waals surface area contributed by atoms with E-state index >= 15 is 0 Å². The second-order valence-electron chi connectivity index (χ2n) is 6.35. The summed E-state index contributed by atoms with van der Waals surface area (Å²) in [7, 11) is 1.46. The molecular weight excluding hydrogens is 302 g/mol. The van der Waals surface area contributed by atoms with E-state index in [1.165, 1.54) is 12.7 Å². The Hall–Kier alpha value is -2.40. The van der Waals surface area contributed by atoms with Gasteiger partial charge < -0.3 is 10.5 Å². The van der Waals surface area contributed by atoms with Gasteiger partial charge in [0.25, 0.3) is 0 Å². The number of likely N-dealkylation sites (tertiary alicyclic amines) is 1. The number of rotatable bonds is 4. The molecule has 0 saturated carbocycles. The first kappa shape index (κ1) is 16.5. The van der Waals surface area contributed by atoms with Crippen molar-refractivity contribution in [2.24, 2.45) is 5.92 Å². The van der Waals surface area contributed by atoms with Crippen LogP contribution in [0, 0.1) is 5.92 Å². The third-order valence-corrected chi connectivity index (χ3v) is 4.58. The molecule has 3 rings (SSSR count). The lowest BCUT2D eigenvalue weighted by Gasteiger charge is -2.37. The number of nitrogen functional groups attached to an aromatic ring is 1. The van der Waals surface area contributed by atoms with Crippen LogP contribution in [0.1, 0.15) is 23.5 Å². The fourth-order valence-corrected chi connectivity index (χ4v) is 3.47. The van der Waals surface area contributed by atoms with Crippen LogP contribution in [0.5, 0.6) is 0 Å². The van der Waals surface area contributed by atoms with Gasteiger partial charge in [0, 0.05) is 25.8 Å². The molecule has 24 heavy (non-hydrogen) atoms. The molecule has 5 heteroatoms. The molecule has 0 bridgehead atoms. The average Bonchev–Trinajstić information content (AvgIpc) is 2.61. The van der Waals surface area contributed by atoms with Gasteiger partial charge in [-0.05, 0) is 35.6 Å². The van der Waals surface area contributed by atoms with E-state index in [9.17, 15) is 4.79 Å². The third-order valence-electron chi connectivity index (χ3n) is 4.58. The minimum Gasteiger partial charge on any atom is -0.469 e. The molecule has 2 aromatic rings. The second-order valence-corrected chi connectivity index (χ2v) is 6.35. The summed E-state index contributed by atoms with van der Waals surface area (Å²) in [5.74, 6) is 0.611. The SMILES string of the molecule is COC(=O)[C@@H]1C[C@H](c2ccccc2)CN(Cc2ccnc(N)c2)C1. The molecule has 1 aromatic heterocycles. The highest BCUT2D eigenvalue weighted by Gasteiger charge is 2.32. The average molecular weight is 325 g/mol. The molecule has 5 nitrogen and oxygen atoms in total. The minimum atomic E-state index is -0.130. The number of methoxy groups -OCH3 is 1. The van der Waals surface area contributed by atoms with Crippen LogP contribution in [-0.4, -0.2) is 36.1 Å². The topological polar surface area (TPSA) is 68.5 Å². The molecule has 1 aliphatic rings. The molecule has 1 aliphatic heterocycles. The highest BCUT2D eigenvalue weighted by atomic mass is 16.5. The Labute approximate surface area is 142 Å². The van der Waals surface area contributed by atoms with Crippen molar-refractivity contribution in [2.75, 3.05) is 25.9 Å². The molecule has 1 aromatic carbocycles. The number of hydrogen-bond donors (Lipinski definition) is 1. The number of hydrogen-bond acceptors (Lipinski definition) is 5. The number of nitrogens with two attached hydrogens (primary N) is 1. The van der Waals surface area contributed by atoms with Crippen LogP contribution in [0.25, 0.3) is 0 Å². The maximum atomic E-state index is 12.1. The molecule has 0 spiro atoms. The summed E-state index contributed by atoms with van der Waals surface area (Å²) in [4.78, 5) is 18.5. The maximum absolute atomic E-state index is 12.1. The molecule has 2 atom stereocenters. The lowest BCUT2D eigenvalue weighted by Crippen LogP contribution is -2.42. The zero-order valence-corrected chi connectivity index (χ0v) is 13.9. The van der Waals surface area contributed by atoms with Crippen molar-refractivity contribution in [3.63, 3.8) is 0 Å². The highest BCUT2D eigenvalue weighted by Crippen LogP contribution is 2.31. The number of esters is 1. The molecule has 0 aliphatic carbocycles. The largest absolute Gasteiger partial charge is 0.469 e. The third kappa shape index (κ3) is 3.92. The van der Waals surface area contributed by atoms with Crippen molar-refractivity contribution in [3.05, 3.63) is 59.8 Å². The van der Waals surface area contributed by atoms with E-state index in [1.54, 1.807) is 6.20 Å². The van der Waals surface area contributed by atoms with Gasteiger partial charge in [0.05, 0.1) is 13.0 Å². The van der Waals surface area contributed by atoms with E-state index in [0.717, 1.165) is 25.1 Å². The first-order chi connectivity index (χ1) is 11.7. The predicted molar refractivity (Wildman–Crippen MR) is 93.2 cm³/mol. The van der Waals surface area contributed by atoms with Gasteiger partial charge in [-0.1, -0.05) is 30.3 Å². The number of anilines is 1. The Kier molecular flexibility index (Phi) is 5.11. The van der Waals surface area contributed by atoms with Gasteiger partial charge in [-0.3, -0.25) is 9.69 Å². The smallest absolute Gasteiger partial charge is 0.309 e. The van der Waals surface area contributed by atoms with Crippen LogP contribution in [0.2, 0.25) is 0 Å². The molecule has 0 unspecified atom stereocenters. The summed E-state index contributed by atoms with van der Waals surface area (Å²) in [6, 6.07) is 14.2. The molecule has 0 amide bonds. The summed E-state index contributed by atoms with van der Waals surface area (Å²) in [5, 5.41) is 0. The Bertz CT molecular complexity index is 690. The maximum Gasteiger partial charge on any atom is 0.309 e. The molecular formula is C19H23N3O2. The first-order valence-electron chi connectivity index (χ1n) is 8.21. The van der Waals surface area contributed by atoms with Crippen molar-refractivity contribution in [1.29, 1.82) is 0 Å². The molecule has 2 N–H and O–H groups in total. The van der Waals surface area contributed by atoms with Gasteiger partial charge >= 0.3 is 5.97 Å². The van der Waals surface area contributed by atoms with E-state index in [1.807, 2.05) is 30.3 Å². The molecule has 1 saturated heterocycles. The number of benzene rings is 1. The molecule has 0 radical (unpaired) electrons. The van der Waals surface area contributed by atoms with Crippen LogP contribution in [0.15, 0.2) is 48.7 Å². The summed E-state index contributed by atoms with van der Waals surface area (Å²) in [6.07, 6.45) is 2.55. The van der Waals surface area contributed by atoms with Crippen molar-refractivity contribution >= 4 is 11.8 Å². The Balaban J connectivity index is 1.78. The van der Waals surface area contributed by atoms with E-state index in [0.29, 0.717) is 18.3 Å². The summed E-state index contributed by atoms with van der Waals surface area (Å²) in [6.45, 7) is 2.38. The number of pyridine rings is 1. The normalized spacial score (nSPS) is 21.4. The molecule has 126 valence electrons. The van der Waals surface area contributed by atoms with Crippen LogP contribution >= 0.6 is 0 Å². The molecule has 1 fully saturated rings. The van der Waals surface area contributed by atoms with Gasteiger partial charge in [-0.2, -0.15) is 0 Å². The lowest BCUT2D eigenvalue weighted by atomic mass is 9.84. The van der Waals surface area contributed by atoms with E-state index in [-0.39, 0.29) is 11.9 Å². The van der Waals surface area contributed by atoms with Crippen LogP contribution in [0.3, 0.4) is 0 Å². The van der Waals surface area contributed by atoms with Crippen molar-refractivity contribution in [3.8, 4) is 0 Å². The number of carbonyl (C=O) groups is 1. The fraction of sp³-hybridized carbons (Fsp3) is 0.368. The minimum absolute atomic E-state index is 0.104. The Morgan fingerprint density at radius 2 is 2.08 bits per heavy atom. The second kappa shape index (κ2) is 7.45. The number of ether oxygens (including phenoxy) is 1. The molecule has 2 heterocycles. The zero-order chi connectivity index (χ0) is 16.9. The highest BCUT2D eigenvalue weighted by molar-refractivity contribution is 5.72. The van der Waals surface area contributed by atoms with Crippen molar-refractivity contribution in [2.45, 2.75) is 18.9 Å². The number of piperidine rings is 1. The first-order valence-corrected chi connectivity index (χ1v) is 8.21. The van der Waals surface area contributed by atoms with Crippen LogP contribution < -0.4 is 5.73 Å². The summed E-state index contributed by atoms with van der Waals surface area (Å²) < 4.78 is 5.00. The summed E-state index contributed by atoms with van der Waals surface area (Å²) >= 11 is 0. The summed E-state index contributed by atoms with van der Waals surface area (Å²) in [5.41, 5.74) is 8.16.